The minimum Gasteiger partial charge on any atom is -0.493 e. The average Bonchev–Trinajstić information content (AvgIpc) is 2.98. The number of methoxy groups -OCH3 is 3. The molecule has 152 valence electrons. The maximum absolute atomic E-state index is 12.8. The number of amides is 1. The fraction of sp³-hybridized carbons (Fsp3) is 0.474. The van der Waals surface area contributed by atoms with Gasteiger partial charge in [0.2, 0.25) is 5.75 Å². The van der Waals surface area contributed by atoms with Gasteiger partial charge < -0.3 is 18.9 Å². The number of carbonyl (C=O) groups excluding carboxylic acids is 1. The Morgan fingerprint density at radius 2 is 1.75 bits per heavy atom. The molecule has 3 rings (SSSR count). The summed E-state index contributed by atoms with van der Waals surface area (Å²) >= 11 is 6.74. The predicted octanol–water partition coefficient (Wildman–Crippen LogP) is 2.25. The molecule has 0 saturated carbocycles. The van der Waals surface area contributed by atoms with E-state index in [1.54, 1.807) is 32.3 Å². The summed E-state index contributed by atoms with van der Waals surface area (Å²) in [6.45, 7) is 4.61. The van der Waals surface area contributed by atoms with E-state index in [0.29, 0.717) is 33.0 Å². The fourth-order valence-electron chi connectivity index (χ4n) is 3.10. The number of hydrogen-bond donors (Lipinski definition) is 0. The number of morpholine rings is 1. The second-order valence-corrected chi connectivity index (χ2v) is 7.92. The number of benzene rings is 1. The molecule has 0 unspecified atom stereocenters. The van der Waals surface area contributed by atoms with Crippen molar-refractivity contribution in [3.8, 4) is 17.2 Å². The van der Waals surface area contributed by atoms with Gasteiger partial charge in [0.15, 0.2) is 11.5 Å². The lowest BCUT2D eigenvalue weighted by atomic mass is 10.1. The zero-order valence-electron chi connectivity index (χ0n) is 16.2. The van der Waals surface area contributed by atoms with Crippen LogP contribution >= 0.6 is 24.0 Å². The van der Waals surface area contributed by atoms with Crippen LogP contribution in [0.4, 0.5) is 0 Å². The molecule has 0 atom stereocenters. The van der Waals surface area contributed by atoms with Gasteiger partial charge in [-0.15, -0.1) is 0 Å². The predicted molar refractivity (Wildman–Crippen MR) is 113 cm³/mol. The lowest BCUT2D eigenvalue weighted by Gasteiger charge is -2.28. The van der Waals surface area contributed by atoms with Crippen LogP contribution < -0.4 is 14.2 Å². The molecular formula is C19H24N2O5S2. The number of rotatable bonds is 7. The highest BCUT2D eigenvalue weighted by Gasteiger charge is 2.32. The van der Waals surface area contributed by atoms with Crippen LogP contribution in [0.5, 0.6) is 17.2 Å². The summed E-state index contributed by atoms with van der Waals surface area (Å²) in [5.41, 5.74) is 0.781. The maximum atomic E-state index is 12.8. The number of nitrogens with zero attached hydrogens (tertiary/aromatic N) is 2. The van der Waals surface area contributed by atoms with Crippen LogP contribution in [-0.2, 0) is 9.53 Å². The van der Waals surface area contributed by atoms with Crippen molar-refractivity contribution in [2.45, 2.75) is 0 Å². The molecule has 0 aliphatic carbocycles. The first-order valence-electron chi connectivity index (χ1n) is 8.93. The first-order valence-corrected chi connectivity index (χ1v) is 10.1. The number of hydrogen-bond acceptors (Lipinski definition) is 8. The summed E-state index contributed by atoms with van der Waals surface area (Å²) in [5.74, 6) is 1.52. The van der Waals surface area contributed by atoms with E-state index in [1.165, 1.54) is 11.8 Å². The number of ether oxygens (including phenoxy) is 4. The van der Waals surface area contributed by atoms with Crippen LogP contribution in [0.1, 0.15) is 5.56 Å². The Morgan fingerprint density at radius 1 is 1.11 bits per heavy atom. The minimum atomic E-state index is -0.0722. The highest BCUT2D eigenvalue weighted by Crippen LogP contribution is 2.40. The monoisotopic (exact) mass is 424 g/mol. The zero-order chi connectivity index (χ0) is 20.1. The minimum absolute atomic E-state index is 0.0722. The first kappa shape index (κ1) is 20.9. The van der Waals surface area contributed by atoms with Crippen LogP contribution in [-0.4, -0.2) is 80.7 Å². The molecule has 1 aromatic rings. The summed E-state index contributed by atoms with van der Waals surface area (Å²) < 4.78 is 22.0. The third-order valence-electron chi connectivity index (χ3n) is 4.60. The van der Waals surface area contributed by atoms with Crippen molar-refractivity contribution < 1.29 is 23.7 Å². The fourth-order valence-corrected chi connectivity index (χ4v) is 4.40. The Morgan fingerprint density at radius 3 is 2.32 bits per heavy atom. The van der Waals surface area contributed by atoms with Gasteiger partial charge in [0.25, 0.3) is 5.91 Å². The van der Waals surface area contributed by atoms with E-state index in [-0.39, 0.29) is 5.91 Å². The van der Waals surface area contributed by atoms with Crippen molar-refractivity contribution >= 4 is 40.3 Å². The summed E-state index contributed by atoms with van der Waals surface area (Å²) in [6, 6.07) is 3.61. The van der Waals surface area contributed by atoms with Crippen LogP contribution in [0.3, 0.4) is 0 Å². The van der Waals surface area contributed by atoms with E-state index in [0.717, 1.165) is 38.4 Å². The molecular weight excluding hydrogens is 400 g/mol. The molecule has 0 N–H and O–H groups in total. The Bertz CT molecular complexity index is 753. The van der Waals surface area contributed by atoms with Crippen molar-refractivity contribution in [3.63, 3.8) is 0 Å². The van der Waals surface area contributed by atoms with Crippen molar-refractivity contribution in [1.29, 1.82) is 0 Å². The SMILES string of the molecule is COc1cc(/C=C2\SC(=S)N(CCN3CCOCC3)C2=O)cc(OC)c1OC. The molecule has 7 nitrogen and oxygen atoms in total. The number of thioether (sulfide) groups is 1. The Balaban J connectivity index is 1.75. The number of thiocarbonyl (C=S) groups is 1. The van der Waals surface area contributed by atoms with E-state index in [1.807, 2.05) is 12.1 Å². The molecule has 0 radical (unpaired) electrons. The summed E-state index contributed by atoms with van der Waals surface area (Å²) in [7, 11) is 4.68. The van der Waals surface area contributed by atoms with Crippen LogP contribution in [0.15, 0.2) is 17.0 Å². The van der Waals surface area contributed by atoms with E-state index in [2.05, 4.69) is 4.90 Å². The first-order chi connectivity index (χ1) is 13.6. The molecule has 2 aliphatic heterocycles. The third-order valence-corrected chi connectivity index (χ3v) is 5.98. The topological polar surface area (TPSA) is 60.5 Å². The van der Waals surface area contributed by atoms with Crippen LogP contribution in [0.2, 0.25) is 0 Å². The molecule has 2 saturated heterocycles. The van der Waals surface area contributed by atoms with Crippen LogP contribution in [0, 0.1) is 0 Å². The number of carbonyl (C=O) groups is 1. The zero-order valence-corrected chi connectivity index (χ0v) is 17.9. The highest BCUT2D eigenvalue weighted by atomic mass is 32.2. The van der Waals surface area contributed by atoms with Gasteiger partial charge in [0.05, 0.1) is 39.4 Å². The molecule has 1 amide bonds. The van der Waals surface area contributed by atoms with Gasteiger partial charge in [-0.2, -0.15) is 0 Å². The van der Waals surface area contributed by atoms with E-state index < -0.39 is 0 Å². The van der Waals surface area contributed by atoms with E-state index in [4.69, 9.17) is 31.2 Å². The van der Waals surface area contributed by atoms with Crippen LogP contribution in [0.25, 0.3) is 6.08 Å². The second-order valence-electron chi connectivity index (χ2n) is 6.25. The summed E-state index contributed by atoms with van der Waals surface area (Å²) in [4.78, 5) is 17.4. The van der Waals surface area contributed by atoms with Gasteiger partial charge in [-0.05, 0) is 23.8 Å². The van der Waals surface area contributed by atoms with E-state index in [9.17, 15) is 4.79 Å². The molecule has 2 fully saturated rings. The smallest absolute Gasteiger partial charge is 0.266 e. The van der Waals surface area contributed by atoms with Gasteiger partial charge in [-0.3, -0.25) is 14.6 Å². The van der Waals surface area contributed by atoms with Gasteiger partial charge in [-0.1, -0.05) is 24.0 Å². The van der Waals surface area contributed by atoms with Gasteiger partial charge in [0, 0.05) is 26.2 Å². The molecule has 0 spiro atoms. The van der Waals surface area contributed by atoms with Crippen molar-refractivity contribution in [1.82, 2.24) is 9.80 Å². The van der Waals surface area contributed by atoms with Crippen molar-refractivity contribution in [2.75, 3.05) is 60.7 Å². The summed E-state index contributed by atoms with van der Waals surface area (Å²) in [6.07, 6.45) is 1.80. The Kier molecular flexibility index (Phi) is 7.17. The molecule has 9 heteroatoms. The molecule has 2 heterocycles. The van der Waals surface area contributed by atoms with Crippen molar-refractivity contribution in [2.24, 2.45) is 0 Å². The summed E-state index contributed by atoms with van der Waals surface area (Å²) in [5, 5.41) is 0. The second kappa shape index (κ2) is 9.60. The Labute approximate surface area is 174 Å². The molecule has 28 heavy (non-hydrogen) atoms. The highest BCUT2D eigenvalue weighted by molar-refractivity contribution is 8.26. The Hall–Kier alpha value is -1.81. The molecule has 1 aromatic carbocycles. The van der Waals surface area contributed by atoms with Gasteiger partial charge >= 0.3 is 0 Å². The largest absolute Gasteiger partial charge is 0.493 e. The third kappa shape index (κ3) is 4.60. The standard InChI is InChI=1S/C19H24N2O5S2/c1-23-14-10-13(11-15(24-2)17(14)25-3)12-16-18(22)21(19(27)28-16)5-4-20-6-8-26-9-7-20/h10-12H,4-9H2,1-3H3/b16-12-. The molecule has 2 aliphatic rings. The maximum Gasteiger partial charge on any atom is 0.266 e. The normalized spacial score (nSPS) is 19.4. The molecule has 0 aromatic heterocycles. The van der Waals surface area contributed by atoms with Gasteiger partial charge in [-0.25, -0.2) is 0 Å². The van der Waals surface area contributed by atoms with Crippen molar-refractivity contribution in [3.05, 3.63) is 22.6 Å². The molecule has 0 bridgehead atoms. The lowest BCUT2D eigenvalue weighted by molar-refractivity contribution is -0.122. The van der Waals surface area contributed by atoms with E-state index >= 15 is 0 Å². The quantitative estimate of drug-likeness (QED) is 0.488. The van der Waals surface area contributed by atoms with Gasteiger partial charge in [0.1, 0.15) is 4.32 Å². The lowest BCUT2D eigenvalue weighted by Crippen LogP contribution is -2.42. The average molecular weight is 425 g/mol.